The van der Waals surface area contributed by atoms with Gasteiger partial charge in [0.05, 0.1) is 0 Å². The average Bonchev–Trinajstić information content (AvgIpc) is 2.87. The highest BCUT2D eigenvalue weighted by molar-refractivity contribution is 6.11. The Labute approximate surface area is 247 Å². The van der Waals surface area contributed by atoms with E-state index in [-0.39, 0.29) is 23.7 Å². The molecule has 0 fully saturated rings. The summed E-state index contributed by atoms with van der Waals surface area (Å²) in [5.41, 5.74) is -0.748. The van der Waals surface area contributed by atoms with Gasteiger partial charge in [-0.2, -0.15) is 4.90 Å². The zero-order valence-electron chi connectivity index (χ0n) is 25.7. The van der Waals surface area contributed by atoms with E-state index in [0.29, 0.717) is 22.0 Å². The summed E-state index contributed by atoms with van der Waals surface area (Å²) in [4.78, 5) is 48.0. The SMILES string of the molecule is Cc1c(N(C)C)nc(N(C(=O)OC(C)(C)C)C(=O)OC(C)(C)C)c(OCc2ccccc2)c1C(=O)Oc1ccccc1. The summed E-state index contributed by atoms with van der Waals surface area (Å²) in [6, 6.07) is 17.8. The first-order chi connectivity index (χ1) is 19.6. The number of para-hydroxylation sites is 1. The summed E-state index contributed by atoms with van der Waals surface area (Å²) in [7, 11) is 3.45. The van der Waals surface area contributed by atoms with E-state index < -0.39 is 29.4 Å². The van der Waals surface area contributed by atoms with Crippen LogP contribution in [0.4, 0.5) is 21.2 Å². The Balaban J connectivity index is 2.31. The fourth-order valence-electron chi connectivity index (χ4n) is 3.84. The highest BCUT2D eigenvalue weighted by atomic mass is 16.6. The largest absolute Gasteiger partial charge is 0.484 e. The number of nitrogens with zero attached hydrogens (tertiary/aromatic N) is 3. The Morgan fingerprint density at radius 3 is 1.74 bits per heavy atom. The van der Waals surface area contributed by atoms with Gasteiger partial charge in [-0.15, -0.1) is 0 Å². The molecule has 0 spiro atoms. The Hall–Kier alpha value is -4.60. The Bertz CT molecular complexity index is 1380. The smallest absolute Gasteiger partial charge is 0.425 e. The molecule has 1 heterocycles. The van der Waals surface area contributed by atoms with Gasteiger partial charge in [-0.3, -0.25) is 0 Å². The van der Waals surface area contributed by atoms with Crippen molar-refractivity contribution in [3.05, 3.63) is 77.4 Å². The molecule has 10 heteroatoms. The van der Waals surface area contributed by atoms with Crippen molar-refractivity contribution < 1.29 is 33.3 Å². The van der Waals surface area contributed by atoms with Gasteiger partial charge in [0.1, 0.15) is 34.9 Å². The standard InChI is InChI=1S/C32H39N3O7/c1-21-24(28(36)40-23-18-14-11-15-19-23)25(39-20-22-16-12-10-13-17-22)27(33-26(21)34(8)9)35(29(37)41-31(2,3)4)30(38)42-32(5,6)7/h10-19H,20H2,1-9H3. The van der Waals surface area contributed by atoms with Crippen molar-refractivity contribution in [2.45, 2.75) is 66.3 Å². The first-order valence-electron chi connectivity index (χ1n) is 13.5. The second-order valence-corrected chi connectivity index (χ2v) is 11.8. The highest BCUT2D eigenvalue weighted by Crippen LogP contribution is 2.39. The van der Waals surface area contributed by atoms with Crippen LogP contribution in [0.2, 0.25) is 0 Å². The maximum absolute atomic E-state index is 13.8. The molecule has 3 rings (SSSR count). The van der Waals surface area contributed by atoms with E-state index in [1.54, 1.807) is 97.8 Å². The van der Waals surface area contributed by atoms with Gasteiger partial charge in [-0.05, 0) is 66.2 Å². The fraction of sp³-hybridized carbons (Fsp3) is 0.375. The first-order valence-corrected chi connectivity index (χ1v) is 13.5. The van der Waals surface area contributed by atoms with E-state index in [4.69, 9.17) is 18.9 Å². The van der Waals surface area contributed by atoms with Crippen molar-refractivity contribution in [1.29, 1.82) is 0 Å². The number of rotatable bonds is 7. The van der Waals surface area contributed by atoms with Crippen LogP contribution in [-0.4, -0.2) is 48.4 Å². The van der Waals surface area contributed by atoms with Crippen molar-refractivity contribution in [3.8, 4) is 11.5 Å². The van der Waals surface area contributed by atoms with E-state index in [1.165, 1.54) is 0 Å². The van der Waals surface area contributed by atoms with Gasteiger partial charge >= 0.3 is 18.2 Å². The molecule has 2 amide bonds. The van der Waals surface area contributed by atoms with Crippen LogP contribution in [0.1, 0.15) is 63.0 Å². The summed E-state index contributed by atoms with van der Waals surface area (Å²) in [6.07, 6.45) is -2.10. The average molecular weight is 578 g/mol. The maximum Gasteiger partial charge on any atom is 0.425 e. The number of carbonyl (C=O) groups excluding carboxylic acids is 3. The number of anilines is 2. The quantitative estimate of drug-likeness (QED) is 0.218. The number of aromatic nitrogens is 1. The number of imide groups is 1. The summed E-state index contributed by atoms with van der Waals surface area (Å²) >= 11 is 0. The normalized spacial score (nSPS) is 11.4. The summed E-state index contributed by atoms with van der Waals surface area (Å²) < 4.78 is 23.1. The van der Waals surface area contributed by atoms with Crippen LogP contribution in [0.15, 0.2) is 60.7 Å². The molecule has 0 bridgehead atoms. The minimum Gasteiger partial charge on any atom is -0.484 e. The van der Waals surface area contributed by atoms with Gasteiger partial charge in [0.2, 0.25) is 0 Å². The molecule has 0 aliphatic heterocycles. The summed E-state index contributed by atoms with van der Waals surface area (Å²) in [5.74, 6) is -0.573. The van der Waals surface area contributed by atoms with E-state index in [9.17, 15) is 14.4 Å². The van der Waals surface area contributed by atoms with Crippen LogP contribution >= 0.6 is 0 Å². The van der Waals surface area contributed by atoms with Gasteiger partial charge in [0.15, 0.2) is 11.6 Å². The predicted octanol–water partition coefficient (Wildman–Crippen LogP) is 6.93. The molecule has 3 aromatic rings. The van der Waals surface area contributed by atoms with Crippen LogP contribution < -0.4 is 19.3 Å². The third kappa shape index (κ3) is 8.45. The van der Waals surface area contributed by atoms with E-state index >= 15 is 0 Å². The van der Waals surface area contributed by atoms with Crippen molar-refractivity contribution in [2.24, 2.45) is 0 Å². The molecule has 0 saturated carbocycles. The van der Waals surface area contributed by atoms with Crippen LogP contribution in [0.5, 0.6) is 11.5 Å². The first kappa shape index (κ1) is 31.9. The number of benzene rings is 2. The van der Waals surface area contributed by atoms with Crippen LogP contribution in [-0.2, 0) is 16.1 Å². The second kappa shape index (κ2) is 12.9. The number of esters is 1. The molecule has 0 aliphatic carbocycles. The number of amides is 2. The van der Waals surface area contributed by atoms with E-state index in [1.807, 2.05) is 30.3 Å². The third-order valence-corrected chi connectivity index (χ3v) is 5.52. The second-order valence-electron chi connectivity index (χ2n) is 11.8. The molecule has 0 radical (unpaired) electrons. The van der Waals surface area contributed by atoms with Crippen LogP contribution in [0.25, 0.3) is 0 Å². The monoisotopic (exact) mass is 577 g/mol. The van der Waals surface area contributed by atoms with Crippen molar-refractivity contribution in [1.82, 2.24) is 4.98 Å². The lowest BCUT2D eigenvalue weighted by molar-refractivity contribution is 0.0425. The lowest BCUT2D eigenvalue weighted by Gasteiger charge is -2.30. The molecule has 2 aromatic carbocycles. The van der Waals surface area contributed by atoms with Crippen molar-refractivity contribution >= 4 is 29.8 Å². The fourth-order valence-corrected chi connectivity index (χ4v) is 3.84. The zero-order chi connectivity index (χ0) is 31.2. The Kier molecular flexibility index (Phi) is 9.83. The molecule has 42 heavy (non-hydrogen) atoms. The molecule has 224 valence electrons. The lowest BCUT2D eigenvalue weighted by Crippen LogP contribution is -2.44. The minimum absolute atomic E-state index is 0.00162. The summed E-state index contributed by atoms with van der Waals surface area (Å²) in [5, 5.41) is 0. The summed E-state index contributed by atoms with van der Waals surface area (Å²) in [6.45, 7) is 11.7. The zero-order valence-corrected chi connectivity index (χ0v) is 25.7. The van der Waals surface area contributed by atoms with Crippen LogP contribution in [0.3, 0.4) is 0 Å². The minimum atomic E-state index is -1.05. The predicted molar refractivity (Wildman–Crippen MR) is 160 cm³/mol. The molecular weight excluding hydrogens is 538 g/mol. The molecule has 0 aliphatic rings. The van der Waals surface area contributed by atoms with Crippen molar-refractivity contribution in [2.75, 3.05) is 23.9 Å². The lowest BCUT2D eigenvalue weighted by atomic mass is 10.1. The molecular formula is C32H39N3O7. The number of pyridine rings is 1. The molecule has 1 aromatic heterocycles. The maximum atomic E-state index is 13.8. The third-order valence-electron chi connectivity index (χ3n) is 5.52. The number of carbonyl (C=O) groups is 3. The van der Waals surface area contributed by atoms with Gasteiger partial charge in [0.25, 0.3) is 0 Å². The van der Waals surface area contributed by atoms with Gasteiger partial charge in [0, 0.05) is 19.7 Å². The molecule has 0 saturated heterocycles. The molecule has 0 unspecified atom stereocenters. The molecule has 10 nitrogen and oxygen atoms in total. The Morgan fingerprint density at radius 2 is 1.26 bits per heavy atom. The number of hydrogen-bond donors (Lipinski definition) is 0. The molecule has 0 N–H and O–H groups in total. The van der Waals surface area contributed by atoms with Gasteiger partial charge < -0.3 is 23.8 Å². The molecule has 0 atom stereocenters. The van der Waals surface area contributed by atoms with Crippen molar-refractivity contribution in [3.63, 3.8) is 0 Å². The van der Waals surface area contributed by atoms with Gasteiger partial charge in [-0.1, -0.05) is 48.5 Å². The highest BCUT2D eigenvalue weighted by Gasteiger charge is 2.39. The van der Waals surface area contributed by atoms with E-state index in [0.717, 1.165) is 5.56 Å². The Morgan fingerprint density at radius 1 is 0.762 bits per heavy atom. The van der Waals surface area contributed by atoms with Gasteiger partial charge in [-0.25, -0.2) is 19.4 Å². The van der Waals surface area contributed by atoms with Crippen LogP contribution in [0, 0.1) is 6.92 Å². The number of hydrogen-bond acceptors (Lipinski definition) is 9. The topological polar surface area (TPSA) is 108 Å². The van der Waals surface area contributed by atoms with E-state index in [2.05, 4.69) is 4.98 Å². The number of ether oxygens (including phenoxy) is 4.